The number of esters is 1. The first-order chi connectivity index (χ1) is 15.5. The average molecular weight is 447 g/mol. The lowest BCUT2D eigenvalue weighted by molar-refractivity contribution is -0.139. The molecule has 0 saturated carbocycles. The van der Waals surface area contributed by atoms with Gasteiger partial charge in [0.25, 0.3) is 0 Å². The molecule has 1 saturated heterocycles. The van der Waals surface area contributed by atoms with Crippen molar-refractivity contribution in [3.05, 3.63) is 41.1 Å². The zero-order valence-electron chi connectivity index (χ0n) is 18.7. The van der Waals surface area contributed by atoms with Gasteiger partial charge >= 0.3 is 18.1 Å². The van der Waals surface area contributed by atoms with E-state index in [9.17, 15) is 14.4 Å². The van der Waals surface area contributed by atoms with Gasteiger partial charge in [-0.3, -0.25) is 4.90 Å². The molecule has 1 fully saturated rings. The predicted molar refractivity (Wildman–Crippen MR) is 116 cm³/mol. The van der Waals surface area contributed by atoms with Crippen molar-refractivity contribution >= 4 is 18.1 Å². The molecule has 0 bridgehead atoms. The molecule has 1 aromatic rings. The number of carbonyl (C=O) groups excluding carboxylic acids is 3. The first-order valence-corrected chi connectivity index (χ1v) is 10.7. The lowest BCUT2D eigenvalue weighted by atomic mass is 9.94. The fourth-order valence-corrected chi connectivity index (χ4v) is 3.77. The maximum atomic E-state index is 12.9. The summed E-state index contributed by atoms with van der Waals surface area (Å²) in [5, 5.41) is 5.61. The first kappa shape index (κ1) is 23.4. The number of urea groups is 1. The quantitative estimate of drug-likeness (QED) is 0.613. The van der Waals surface area contributed by atoms with Gasteiger partial charge in [-0.2, -0.15) is 0 Å². The molecule has 174 valence electrons. The van der Waals surface area contributed by atoms with Gasteiger partial charge in [0.15, 0.2) is 0 Å². The van der Waals surface area contributed by atoms with Gasteiger partial charge in [0.2, 0.25) is 0 Å². The monoisotopic (exact) mass is 446 g/mol. The summed E-state index contributed by atoms with van der Waals surface area (Å²) >= 11 is 0. The molecule has 10 nitrogen and oxygen atoms in total. The van der Waals surface area contributed by atoms with Crippen LogP contribution in [0.25, 0.3) is 0 Å². The lowest BCUT2D eigenvalue weighted by Crippen LogP contribution is -2.52. The van der Waals surface area contributed by atoms with E-state index in [0.29, 0.717) is 56.4 Å². The molecule has 0 spiro atoms. The first-order valence-electron chi connectivity index (χ1n) is 10.7. The standard InChI is InChI=1S/C22H30N4O6/c1-4-31-20(27)18-17(14-25-10-12-26(13-11-25)22(29)32-5-2)23-21(28)24-19(18)15-6-8-16(30-3)9-7-15/h6-9,19H,4-5,10-14H2,1-3H3,(H2,23,24,28). The number of hydrogen-bond acceptors (Lipinski definition) is 7. The molecule has 0 radical (unpaired) electrons. The van der Waals surface area contributed by atoms with E-state index in [-0.39, 0.29) is 18.7 Å². The normalized spacial score (nSPS) is 19.2. The molecule has 0 aromatic heterocycles. The smallest absolute Gasteiger partial charge is 0.409 e. The highest BCUT2D eigenvalue weighted by atomic mass is 16.6. The molecular formula is C22H30N4O6. The topological polar surface area (TPSA) is 109 Å². The number of nitrogens with zero attached hydrogens (tertiary/aromatic N) is 2. The summed E-state index contributed by atoms with van der Waals surface area (Å²) < 4.78 is 15.6. The minimum absolute atomic E-state index is 0.219. The minimum atomic E-state index is -0.649. The number of ether oxygens (including phenoxy) is 3. The minimum Gasteiger partial charge on any atom is -0.497 e. The fourth-order valence-electron chi connectivity index (χ4n) is 3.77. The SMILES string of the molecule is CCOC(=O)C1=C(CN2CCN(C(=O)OCC)CC2)NC(=O)NC1c1ccc(OC)cc1. The molecule has 1 unspecified atom stereocenters. The second-order valence-electron chi connectivity index (χ2n) is 7.38. The molecular weight excluding hydrogens is 416 g/mol. The predicted octanol–water partition coefficient (Wildman–Crippen LogP) is 1.64. The van der Waals surface area contributed by atoms with Crippen molar-refractivity contribution in [2.24, 2.45) is 0 Å². The van der Waals surface area contributed by atoms with Gasteiger partial charge in [0.1, 0.15) is 5.75 Å². The van der Waals surface area contributed by atoms with Crippen LogP contribution in [0.4, 0.5) is 9.59 Å². The number of benzene rings is 1. The van der Waals surface area contributed by atoms with E-state index in [4.69, 9.17) is 14.2 Å². The summed E-state index contributed by atoms with van der Waals surface area (Å²) in [6, 6.07) is 6.14. The third kappa shape index (κ3) is 5.50. The number of piperazine rings is 1. The molecule has 3 amide bonds. The summed E-state index contributed by atoms with van der Waals surface area (Å²) in [5.74, 6) is 0.191. The van der Waals surface area contributed by atoms with E-state index in [2.05, 4.69) is 15.5 Å². The van der Waals surface area contributed by atoms with Crippen molar-refractivity contribution < 1.29 is 28.6 Å². The summed E-state index contributed by atoms with van der Waals surface area (Å²) in [4.78, 5) is 41.0. The Morgan fingerprint density at radius 3 is 2.28 bits per heavy atom. The Morgan fingerprint density at radius 2 is 1.69 bits per heavy atom. The molecule has 2 N–H and O–H groups in total. The zero-order chi connectivity index (χ0) is 23.1. The number of rotatable bonds is 7. The van der Waals surface area contributed by atoms with E-state index in [1.807, 2.05) is 12.1 Å². The van der Waals surface area contributed by atoms with Crippen LogP contribution < -0.4 is 15.4 Å². The highest BCUT2D eigenvalue weighted by molar-refractivity contribution is 5.95. The van der Waals surface area contributed by atoms with Gasteiger partial charge in [-0.05, 0) is 31.5 Å². The zero-order valence-corrected chi connectivity index (χ0v) is 18.7. The third-order valence-corrected chi connectivity index (χ3v) is 5.38. The van der Waals surface area contributed by atoms with Crippen LogP contribution in [0.15, 0.2) is 35.5 Å². The van der Waals surface area contributed by atoms with E-state index < -0.39 is 12.0 Å². The van der Waals surface area contributed by atoms with Crippen LogP contribution in [0.1, 0.15) is 25.5 Å². The summed E-state index contributed by atoms with van der Waals surface area (Å²) in [6.45, 7) is 6.62. The second kappa shape index (κ2) is 10.9. The molecule has 10 heteroatoms. The Balaban J connectivity index is 1.83. The molecule has 1 atom stereocenters. The number of amides is 3. The molecule has 2 aliphatic heterocycles. The second-order valence-corrected chi connectivity index (χ2v) is 7.38. The van der Waals surface area contributed by atoms with Gasteiger partial charge in [0, 0.05) is 38.4 Å². The molecule has 32 heavy (non-hydrogen) atoms. The Labute approximate surface area is 187 Å². The highest BCUT2D eigenvalue weighted by Crippen LogP contribution is 2.29. The number of carbonyl (C=O) groups is 3. The third-order valence-electron chi connectivity index (χ3n) is 5.38. The van der Waals surface area contributed by atoms with Crippen molar-refractivity contribution in [1.82, 2.24) is 20.4 Å². The van der Waals surface area contributed by atoms with Gasteiger partial charge in [0.05, 0.1) is 31.9 Å². The highest BCUT2D eigenvalue weighted by Gasteiger charge is 2.35. The molecule has 0 aliphatic carbocycles. The van der Waals surface area contributed by atoms with Crippen molar-refractivity contribution in [2.75, 3.05) is 53.0 Å². The van der Waals surface area contributed by atoms with E-state index in [1.54, 1.807) is 38.0 Å². The maximum absolute atomic E-state index is 12.9. The average Bonchev–Trinajstić information content (AvgIpc) is 2.79. The van der Waals surface area contributed by atoms with Crippen LogP contribution in [-0.2, 0) is 14.3 Å². The van der Waals surface area contributed by atoms with Crippen LogP contribution in [0, 0.1) is 0 Å². The van der Waals surface area contributed by atoms with Crippen LogP contribution in [0.3, 0.4) is 0 Å². The van der Waals surface area contributed by atoms with Gasteiger partial charge < -0.3 is 29.7 Å². The molecule has 3 rings (SSSR count). The van der Waals surface area contributed by atoms with Crippen molar-refractivity contribution in [3.8, 4) is 5.75 Å². The summed E-state index contributed by atoms with van der Waals surface area (Å²) in [7, 11) is 1.57. The van der Waals surface area contributed by atoms with Gasteiger partial charge in [-0.15, -0.1) is 0 Å². The van der Waals surface area contributed by atoms with Crippen LogP contribution in [0.5, 0.6) is 5.75 Å². The van der Waals surface area contributed by atoms with E-state index in [0.717, 1.165) is 5.56 Å². The number of methoxy groups -OCH3 is 1. The molecule has 2 aliphatic rings. The van der Waals surface area contributed by atoms with Gasteiger partial charge in [-0.1, -0.05) is 12.1 Å². The Kier molecular flexibility index (Phi) is 7.93. The summed E-state index contributed by atoms with van der Waals surface area (Å²) in [6.07, 6.45) is -0.326. The fraction of sp³-hybridized carbons (Fsp3) is 0.500. The molecule has 1 aromatic carbocycles. The van der Waals surface area contributed by atoms with Gasteiger partial charge in [-0.25, -0.2) is 14.4 Å². The number of hydrogen-bond donors (Lipinski definition) is 2. The molecule has 2 heterocycles. The lowest BCUT2D eigenvalue weighted by Gasteiger charge is -2.36. The Hall–Kier alpha value is -3.27. The van der Waals surface area contributed by atoms with Crippen molar-refractivity contribution in [3.63, 3.8) is 0 Å². The Morgan fingerprint density at radius 1 is 1.03 bits per heavy atom. The van der Waals surface area contributed by atoms with Crippen molar-refractivity contribution in [2.45, 2.75) is 19.9 Å². The van der Waals surface area contributed by atoms with Crippen LogP contribution >= 0.6 is 0 Å². The van der Waals surface area contributed by atoms with Crippen molar-refractivity contribution in [1.29, 1.82) is 0 Å². The largest absolute Gasteiger partial charge is 0.497 e. The van der Waals surface area contributed by atoms with Crippen LogP contribution in [0.2, 0.25) is 0 Å². The van der Waals surface area contributed by atoms with E-state index in [1.165, 1.54) is 0 Å². The number of nitrogens with one attached hydrogen (secondary N) is 2. The maximum Gasteiger partial charge on any atom is 0.409 e. The Bertz CT molecular complexity index is 862. The van der Waals surface area contributed by atoms with Crippen LogP contribution in [-0.4, -0.2) is 80.9 Å². The summed E-state index contributed by atoms with van der Waals surface area (Å²) in [5.41, 5.74) is 1.61. The van der Waals surface area contributed by atoms with E-state index >= 15 is 0 Å².